The Morgan fingerprint density at radius 1 is 0.962 bits per heavy atom. The van der Waals surface area contributed by atoms with Crippen LogP contribution < -0.4 is 10.6 Å². The van der Waals surface area contributed by atoms with Gasteiger partial charge in [0, 0.05) is 32.3 Å². The lowest BCUT2D eigenvalue weighted by atomic mass is 10.2. The van der Waals surface area contributed by atoms with Crippen LogP contribution in [0.2, 0.25) is 0 Å². The Balaban J connectivity index is 3.33. The van der Waals surface area contributed by atoms with Crippen LogP contribution in [0.5, 0.6) is 0 Å². The van der Waals surface area contributed by atoms with Gasteiger partial charge in [-0.1, -0.05) is 13.8 Å². The number of hydrogen-bond acceptors (Lipinski definition) is 5. The first-order valence-electron chi connectivity index (χ1n) is 9.28. The highest BCUT2D eigenvalue weighted by Gasteiger charge is 2.11. The maximum absolute atomic E-state index is 13.5. The number of hydrogen-bond donors (Lipinski definition) is 2. The molecule has 1 unspecified atom stereocenters. The van der Waals surface area contributed by atoms with Crippen LogP contribution in [0.4, 0.5) is 4.39 Å². The Bertz CT molecular complexity index is 381. The molecule has 0 saturated heterocycles. The van der Waals surface area contributed by atoms with Gasteiger partial charge in [0.15, 0.2) is 0 Å². The summed E-state index contributed by atoms with van der Waals surface area (Å²) in [5.74, 6) is -0.441. The lowest BCUT2D eigenvalue weighted by molar-refractivity contribution is -0.127. The zero-order valence-corrected chi connectivity index (χ0v) is 16.5. The number of halogens is 1. The van der Waals surface area contributed by atoms with E-state index in [9.17, 15) is 14.0 Å². The van der Waals surface area contributed by atoms with Gasteiger partial charge in [0.25, 0.3) is 0 Å². The molecule has 1 atom stereocenters. The van der Waals surface area contributed by atoms with Gasteiger partial charge in [-0.3, -0.25) is 9.59 Å². The summed E-state index contributed by atoms with van der Waals surface area (Å²) in [5, 5.41) is 5.28. The molecule has 0 aromatic carbocycles. The van der Waals surface area contributed by atoms with Gasteiger partial charge in [-0.15, -0.1) is 0 Å². The average molecular weight is 378 g/mol. The summed E-state index contributed by atoms with van der Waals surface area (Å²) in [4.78, 5) is 22.7. The predicted octanol–water partition coefficient (Wildman–Crippen LogP) is 1.45. The largest absolute Gasteiger partial charge is 0.381 e. The van der Waals surface area contributed by atoms with Crippen LogP contribution in [0.25, 0.3) is 0 Å². The number of carbonyl (C=O) groups excluding carboxylic acids is 2. The molecule has 0 spiro atoms. The Kier molecular flexibility index (Phi) is 15.2. The van der Waals surface area contributed by atoms with E-state index >= 15 is 0 Å². The molecular formula is C18H35FN2O5. The molecule has 2 N–H and O–H groups in total. The third-order valence-corrected chi connectivity index (χ3v) is 3.23. The van der Waals surface area contributed by atoms with Gasteiger partial charge >= 0.3 is 0 Å². The van der Waals surface area contributed by atoms with E-state index in [0.717, 1.165) is 6.42 Å². The summed E-state index contributed by atoms with van der Waals surface area (Å²) in [7, 11) is 0. The minimum atomic E-state index is -1.21. The molecule has 0 saturated carbocycles. The minimum Gasteiger partial charge on any atom is -0.381 e. The second kappa shape index (κ2) is 16.0. The summed E-state index contributed by atoms with van der Waals surface area (Å²) in [6.07, 6.45) is 0.218. The van der Waals surface area contributed by atoms with Gasteiger partial charge in [-0.2, -0.15) is 0 Å². The number of rotatable bonds is 16. The Morgan fingerprint density at radius 3 is 2.27 bits per heavy atom. The molecule has 2 amide bonds. The first-order chi connectivity index (χ1) is 12.3. The molecule has 0 heterocycles. The maximum atomic E-state index is 13.5. The normalized spacial score (nSPS) is 12.4. The van der Waals surface area contributed by atoms with E-state index in [4.69, 9.17) is 14.2 Å². The highest BCUT2D eigenvalue weighted by Crippen LogP contribution is 1.96. The maximum Gasteiger partial charge on any atom is 0.246 e. The zero-order chi connectivity index (χ0) is 19.8. The third-order valence-electron chi connectivity index (χ3n) is 3.23. The van der Waals surface area contributed by atoms with Crippen molar-refractivity contribution in [3.05, 3.63) is 0 Å². The molecule has 0 aliphatic carbocycles. The van der Waals surface area contributed by atoms with E-state index in [1.54, 1.807) is 13.8 Å². The van der Waals surface area contributed by atoms with Crippen molar-refractivity contribution >= 4 is 11.8 Å². The minimum absolute atomic E-state index is 0.0263. The molecule has 0 aliphatic heterocycles. The third kappa shape index (κ3) is 16.2. The topological polar surface area (TPSA) is 85.9 Å². The second-order valence-electron chi connectivity index (χ2n) is 6.60. The van der Waals surface area contributed by atoms with Crippen molar-refractivity contribution in [1.82, 2.24) is 10.6 Å². The van der Waals surface area contributed by atoms with Crippen LogP contribution in [-0.2, 0) is 23.8 Å². The average Bonchev–Trinajstić information content (AvgIpc) is 2.59. The van der Waals surface area contributed by atoms with Crippen LogP contribution in [0.15, 0.2) is 0 Å². The molecule has 154 valence electrons. The number of ether oxygens (including phenoxy) is 3. The van der Waals surface area contributed by atoms with Gasteiger partial charge in [0.2, 0.25) is 11.8 Å². The molecule has 26 heavy (non-hydrogen) atoms. The molecular weight excluding hydrogens is 343 g/mol. The zero-order valence-electron chi connectivity index (χ0n) is 16.5. The van der Waals surface area contributed by atoms with Crippen molar-refractivity contribution in [1.29, 1.82) is 0 Å². The Labute approximate surface area is 156 Å². The van der Waals surface area contributed by atoms with Crippen molar-refractivity contribution in [3.63, 3.8) is 0 Å². The van der Waals surface area contributed by atoms with E-state index in [0.29, 0.717) is 32.8 Å². The molecule has 0 bridgehead atoms. The Hall–Kier alpha value is -1.25. The van der Waals surface area contributed by atoms with Crippen molar-refractivity contribution in [2.45, 2.75) is 52.8 Å². The fraction of sp³-hybridized carbons (Fsp3) is 0.889. The molecule has 8 heteroatoms. The lowest BCUT2D eigenvalue weighted by Crippen LogP contribution is -2.34. The standard InChI is InChI=1S/C18H35FN2O5/c1-14(2)18(23)21-11-16(19)12-25-10-6-9-24-8-5-7-20-17(22)13-26-15(3)4/h14-16H,5-13H2,1-4H3,(H,20,22)(H,21,23). The summed E-state index contributed by atoms with van der Waals surface area (Å²) < 4.78 is 29.3. The molecule has 0 aliphatic rings. The number of nitrogens with one attached hydrogen (secondary N) is 2. The van der Waals surface area contributed by atoms with Gasteiger partial charge in [0.05, 0.1) is 19.3 Å². The molecule has 0 radical (unpaired) electrons. The summed E-state index contributed by atoms with van der Waals surface area (Å²) in [5.41, 5.74) is 0. The van der Waals surface area contributed by atoms with E-state index in [1.807, 2.05) is 13.8 Å². The van der Waals surface area contributed by atoms with Crippen LogP contribution in [0, 0.1) is 5.92 Å². The molecule has 0 aromatic rings. The van der Waals surface area contributed by atoms with Crippen molar-refractivity contribution in [2.24, 2.45) is 5.92 Å². The predicted molar refractivity (Wildman–Crippen MR) is 97.7 cm³/mol. The SMILES string of the molecule is CC(C)OCC(=O)NCCCOCCCOCC(F)CNC(=O)C(C)C. The van der Waals surface area contributed by atoms with E-state index in [1.165, 1.54) is 0 Å². The second-order valence-corrected chi connectivity index (χ2v) is 6.60. The Morgan fingerprint density at radius 2 is 1.62 bits per heavy atom. The van der Waals surface area contributed by atoms with Crippen LogP contribution in [0.3, 0.4) is 0 Å². The van der Waals surface area contributed by atoms with Crippen LogP contribution in [-0.4, -0.2) is 70.2 Å². The number of amides is 2. The first-order valence-corrected chi connectivity index (χ1v) is 9.28. The fourth-order valence-electron chi connectivity index (χ4n) is 1.75. The first kappa shape index (κ1) is 24.8. The van der Waals surface area contributed by atoms with Gasteiger partial charge in [-0.05, 0) is 26.7 Å². The van der Waals surface area contributed by atoms with Crippen molar-refractivity contribution in [2.75, 3.05) is 46.1 Å². The summed E-state index contributed by atoms with van der Waals surface area (Å²) in [6, 6.07) is 0. The summed E-state index contributed by atoms with van der Waals surface area (Å²) >= 11 is 0. The smallest absolute Gasteiger partial charge is 0.246 e. The molecule has 0 rings (SSSR count). The molecule has 0 fully saturated rings. The molecule has 0 aromatic heterocycles. The highest BCUT2D eigenvalue weighted by molar-refractivity contribution is 5.77. The van der Waals surface area contributed by atoms with Gasteiger partial charge < -0.3 is 24.8 Å². The highest BCUT2D eigenvalue weighted by atomic mass is 19.1. The van der Waals surface area contributed by atoms with Crippen LogP contribution >= 0.6 is 0 Å². The number of carbonyl (C=O) groups is 2. The van der Waals surface area contributed by atoms with Crippen molar-refractivity contribution < 1.29 is 28.2 Å². The van der Waals surface area contributed by atoms with Gasteiger partial charge in [-0.25, -0.2) is 4.39 Å². The van der Waals surface area contributed by atoms with Crippen LogP contribution in [0.1, 0.15) is 40.5 Å². The monoisotopic (exact) mass is 378 g/mol. The van der Waals surface area contributed by atoms with E-state index in [-0.39, 0.29) is 43.6 Å². The van der Waals surface area contributed by atoms with E-state index < -0.39 is 6.17 Å². The van der Waals surface area contributed by atoms with Gasteiger partial charge in [0.1, 0.15) is 12.8 Å². The molecule has 7 nitrogen and oxygen atoms in total. The number of alkyl halides is 1. The quantitative estimate of drug-likeness (QED) is 0.397. The lowest BCUT2D eigenvalue weighted by Gasteiger charge is -2.12. The summed E-state index contributed by atoms with van der Waals surface area (Å²) in [6.45, 7) is 9.29. The fourth-order valence-corrected chi connectivity index (χ4v) is 1.75. The van der Waals surface area contributed by atoms with E-state index in [2.05, 4.69) is 10.6 Å². The van der Waals surface area contributed by atoms with Crippen molar-refractivity contribution in [3.8, 4) is 0 Å².